The SMILES string of the molecule is COC(=O)[C@@H]1CN(C)C2(C(=O)c3ccccc3C2=O)[C@]12SC(N1CCOCC1)=C(c1ccc(C)cc1)C2=O. The number of thioether (sulfide) groups is 1. The lowest BCUT2D eigenvalue weighted by Crippen LogP contribution is -2.67. The van der Waals surface area contributed by atoms with Crippen LogP contribution in [0.5, 0.6) is 0 Å². The number of carbonyl (C=O) groups excluding carboxylic acids is 4. The minimum atomic E-state index is -1.87. The van der Waals surface area contributed by atoms with Gasteiger partial charge in [0.2, 0.25) is 0 Å². The van der Waals surface area contributed by atoms with Crippen molar-refractivity contribution in [1.82, 2.24) is 9.80 Å². The normalized spacial score (nSPS) is 26.7. The second-order valence-corrected chi connectivity index (χ2v) is 11.4. The molecule has 2 spiro atoms. The van der Waals surface area contributed by atoms with Crippen molar-refractivity contribution in [2.24, 2.45) is 5.92 Å². The number of fused-ring (bicyclic) bond motifs is 2. The van der Waals surface area contributed by atoms with Crippen LogP contribution in [-0.2, 0) is 19.1 Å². The molecule has 3 aliphatic heterocycles. The molecule has 0 saturated carbocycles. The fourth-order valence-corrected chi connectivity index (χ4v) is 8.40. The molecule has 1 aliphatic carbocycles. The first-order valence-electron chi connectivity index (χ1n) is 12.6. The third-order valence-electron chi connectivity index (χ3n) is 8.29. The smallest absolute Gasteiger partial charge is 0.311 e. The van der Waals surface area contributed by atoms with E-state index in [9.17, 15) is 19.2 Å². The molecule has 196 valence electrons. The van der Waals surface area contributed by atoms with E-state index in [1.54, 1.807) is 36.2 Å². The lowest BCUT2D eigenvalue weighted by Gasteiger charge is -2.41. The number of nitrogens with zero attached hydrogens (tertiary/aromatic N) is 2. The summed E-state index contributed by atoms with van der Waals surface area (Å²) < 4.78 is 9.05. The van der Waals surface area contributed by atoms with Gasteiger partial charge in [-0.1, -0.05) is 65.9 Å². The summed E-state index contributed by atoms with van der Waals surface area (Å²) in [5.74, 6) is -2.92. The highest BCUT2D eigenvalue weighted by Crippen LogP contribution is 2.64. The highest BCUT2D eigenvalue weighted by Gasteiger charge is 2.80. The molecular weight excluding hydrogens is 504 g/mol. The Hall–Kier alpha value is -3.27. The minimum Gasteiger partial charge on any atom is -0.469 e. The Kier molecular flexibility index (Phi) is 5.86. The predicted octanol–water partition coefficient (Wildman–Crippen LogP) is 2.60. The molecule has 2 saturated heterocycles. The second kappa shape index (κ2) is 8.90. The van der Waals surface area contributed by atoms with E-state index in [0.29, 0.717) is 42.5 Å². The number of hydrogen-bond acceptors (Lipinski definition) is 9. The summed E-state index contributed by atoms with van der Waals surface area (Å²) >= 11 is 1.19. The van der Waals surface area contributed by atoms with Crippen molar-refractivity contribution in [2.45, 2.75) is 17.2 Å². The number of hydrogen-bond donors (Lipinski definition) is 0. The van der Waals surface area contributed by atoms with E-state index in [-0.39, 0.29) is 23.5 Å². The quantitative estimate of drug-likeness (QED) is 0.437. The molecule has 0 aromatic heterocycles. The van der Waals surface area contributed by atoms with Crippen molar-refractivity contribution in [3.05, 3.63) is 75.8 Å². The number of likely N-dealkylation sites (N-methyl/N-ethyl adjacent to an activating group) is 1. The first-order chi connectivity index (χ1) is 18.3. The van der Waals surface area contributed by atoms with Gasteiger partial charge in [-0.25, -0.2) is 0 Å². The number of likely N-dealkylation sites (tertiary alicyclic amines) is 1. The van der Waals surface area contributed by atoms with Crippen LogP contribution in [0.2, 0.25) is 0 Å². The summed E-state index contributed by atoms with van der Waals surface area (Å²) in [4.78, 5) is 60.7. The molecule has 4 aliphatic rings. The predicted molar refractivity (Wildman–Crippen MR) is 142 cm³/mol. The molecule has 8 nitrogen and oxygen atoms in total. The highest BCUT2D eigenvalue weighted by molar-refractivity contribution is 8.06. The van der Waals surface area contributed by atoms with Gasteiger partial charge >= 0.3 is 5.97 Å². The molecule has 0 amide bonds. The second-order valence-electron chi connectivity index (χ2n) is 10.2. The average molecular weight is 533 g/mol. The summed E-state index contributed by atoms with van der Waals surface area (Å²) in [5.41, 5.74) is 0.837. The van der Waals surface area contributed by atoms with Gasteiger partial charge in [0.15, 0.2) is 22.9 Å². The number of benzene rings is 2. The van der Waals surface area contributed by atoms with Gasteiger partial charge < -0.3 is 14.4 Å². The number of aryl methyl sites for hydroxylation is 1. The van der Waals surface area contributed by atoms with Gasteiger partial charge in [-0.05, 0) is 19.5 Å². The highest BCUT2D eigenvalue weighted by atomic mass is 32.2. The molecule has 3 heterocycles. The van der Waals surface area contributed by atoms with Crippen molar-refractivity contribution in [3.63, 3.8) is 0 Å². The molecule has 0 unspecified atom stereocenters. The molecule has 0 bridgehead atoms. The number of esters is 1. The molecule has 2 aromatic rings. The van der Waals surface area contributed by atoms with Crippen LogP contribution in [0, 0.1) is 12.8 Å². The fraction of sp³-hybridized carbons (Fsp3) is 0.379. The fourth-order valence-electron chi connectivity index (χ4n) is 6.48. The van der Waals surface area contributed by atoms with Gasteiger partial charge in [0, 0.05) is 30.8 Å². The van der Waals surface area contributed by atoms with Crippen molar-refractivity contribution < 1.29 is 28.7 Å². The van der Waals surface area contributed by atoms with E-state index in [1.165, 1.54) is 18.9 Å². The maximum Gasteiger partial charge on any atom is 0.311 e. The van der Waals surface area contributed by atoms with Crippen LogP contribution >= 0.6 is 11.8 Å². The number of ether oxygens (including phenoxy) is 2. The zero-order valence-electron chi connectivity index (χ0n) is 21.5. The Morgan fingerprint density at radius 1 is 0.974 bits per heavy atom. The molecule has 2 aromatic carbocycles. The Morgan fingerprint density at radius 3 is 2.16 bits per heavy atom. The third-order valence-corrected chi connectivity index (χ3v) is 10.0. The van der Waals surface area contributed by atoms with Gasteiger partial charge in [0.05, 0.1) is 36.8 Å². The standard InChI is InChI=1S/C29H28N2O6S/c1-17-8-10-18(11-9-17)22-25(34)29(38-26(22)31-12-14-37-15-13-31)21(27(35)36-3)16-30(2)28(29)23(32)19-6-4-5-7-20(19)24(28)33/h4-11,21H,12-16H2,1-3H3/t21-,29-/m0/s1. The molecular formula is C29H28N2O6S. The molecule has 38 heavy (non-hydrogen) atoms. The summed E-state index contributed by atoms with van der Waals surface area (Å²) in [7, 11) is 2.92. The molecule has 2 fully saturated rings. The molecule has 0 N–H and O–H groups in total. The maximum atomic E-state index is 15.0. The number of Topliss-reactive ketones (excluding diaryl/α,β-unsaturated/α-hetero) is 3. The Labute approximate surface area is 224 Å². The largest absolute Gasteiger partial charge is 0.469 e. The van der Waals surface area contributed by atoms with Gasteiger partial charge in [-0.2, -0.15) is 0 Å². The summed E-state index contributed by atoms with van der Waals surface area (Å²) in [5, 5.41) is 0.669. The van der Waals surface area contributed by atoms with E-state index >= 15 is 0 Å². The molecule has 2 atom stereocenters. The number of morpholine rings is 1. The van der Waals surface area contributed by atoms with Crippen LogP contribution in [0.15, 0.2) is 53.6 Å². The van der Waals surface area contributed by atoms with Crippen LogP contribution < -0.4 is 0 Å². The Morgan fingerprint density at radius 2 is 1.58 bits per heavy atom. The van der Waals surface area contributed by atoms with Crippen LogP contribution in [0.3, 0.4) is 0 Å². The monoisotopic (exact) mass is 532 g/mol. The Balaban J connectivity index is 1.61. The van der Waals surface area contributed by atoms with Crippen molar-refractivity contribution >= 4 is 40.7 Å². The maximum absolute atomic E-state index is 15.0. The van der Waals surface area contributed by atoms with Crippen LogP contribution in [0.25, 0.3) is 5.57 Å². The average Bonchev–Trinajstić information content (AvgIpc) is 3.48. The van der Waals surface area contributed by atoms with E-state index < -0.39 is 33.7 Å². The van der Waals surface area contributed by atoms with Crippen molar-refractivity contribution in [3.8, 4) is 0 Å². The van der Waals surface area contributed by atoms with Crippen LogP contribution in [-0.4, -0.2) is 90.4 Å². The number of methoxy groups -OCH3 is 1. The van der Waals surface area contributed by atoms with Gasteiger partial charge in [-0.15, -0.1) is 0 Å². The minimum absolute atomic E-state index is 0.0362. The molecule has 6 rings (SSSR count). The number of allylic oxidation sites excluding steroid dienone is 1. The lowest BCUT2D eigenvalue weighted by atomic mass is 9.70. The third kappa shape index (κ3) is 3.06. The Bertz CT molecular complexity index is 1380. The van der Waals surface area contributed by atoms with Crippen molar-refractivity contribution in [1.29, 1.82) is 0 Å². The zero-order chi connectivity index (χ0) is 26.8. The molecule has 9 heteroatoms. The van der Waals surface area contributed by atoms with Gasteiger partial charge in [0.1, 0.15) is 4.75 Å². The lowest BCUT2D eigenvalue weighted by molar-refractivity contribution is -0.147. The van der Waals surface area contributed by atoms with Crippen LogP contribution in [0.1, 0.15) is 31.8 Å². The first-order valence-corrected chi connectivity index (χ1v) is 13.5. The first kappa shape index (κ1) is 25.0. The van der Waals surface area contributed by atoms with Gasteiger partial charge in [0.25, 0.3) is 0 Å². The number of rotatable bonds is 3. The van der Waals surface area contributed by atoms with Crippen molar-refractivity contribution in [2.75, 3.05) is 47.0 Å². The van der Waals surface area contributed by atoms with E-state index in [1.807, 2.05) is 31.2 Å². The zero-order valence-corrected chi connectivity index (χ0v) is 22.3. The van der Waals surface area contributed by atoms with E-state index in [0.717, 1.165) is 5.56 Å². The van der Waals surface area contributed by atoms with Gasteiger partial charge in [-0.3, -0.25) is 24.1 Å². The number of ketones is 3. The van der Waals surface area contributed by atoms with E-state index in [4.69, 9.17) is 9.47 Å². The van der Waals surface area contributed by atoms with E-state index in [2.05, 4.69) is 4.90 Å². The summed E-state index contributed by atoms with van der Waals surface area (Å²) in [6, 6.07) is 14.3. The topological polar surface area (TPSA) is 93.2 Å². The number of carbonyl (C=O) groups is 4. The summed E-state index contributed by atoms with van der Waals surface area (Å²) in [6.07, 6.45) is 0. The van der Waals surface area contributed by atoms with Crippen LogP contribution in [0.4, 0.5) is 0 Å². The molecule has 0 radical (unpaired) electrons. The summed E-state index contributed by atoms with van der Waals surface area (Å²) in [6.45, 7) is 4.08.